The van der Waals surface area contributed by atoms with Crippen molar-refractivity contribution in [1.82, 2.24) is 4.90 Å². The Balaban J connectivity index is 2.41. The second-order valence-electron chi connectivity index (χ2n) is 2.48. The summed E-state index contributed by atoms with van der Waals surface area (Å²) >= 11 is 2.05. The zero-order chi connectivity index (χ0) is 6.20. The first-order valence-corrected chi connectivity index (χ1v) is 4.01. The summed E-state index contributed by atoms with van der Waals surface area (Å²) in [7, 11) is 4.31. The van der Waals surface area contributed by atoms with E-state index < -0.39 is 0 Å². The molecule has 8 heavy (non-hydrogen) atoms. The van der Waals surface area contributed by atoms with Crippen LogP contribution in [0.5, 0.6) is 0 Å². The standard InChI is InChI=1S/C6H13NS/c1-4-6(5-8-6)7(2)3/h4-5H2,1-3H3. The van der Waals surface area contributed by atoms with Crippen molar-refractivity contribution in [2.45, 2.75) is 18.2 Å². The Hall–Kier alpha value is 0.310. The fraction of sp³-hybridized carbons (Fsp3) is 1.00. The highest BCUT2D eigenvalue weighted by Gasteiger charge is 2.43. The maximum atomic E-state index is 2.32. The van der Waals surface area contributed by atoms with Crippen LogP contribution in [0.1, 0.15) is 13.3 Å². The van der Waals surface area contributed by atoms with E-state index >= 15 is 0 Å². The molecule has 0 bridgehead atoms. The Morgan fingerprint density at radius 1 is 1.62 bits per heavy atom. The number of thioether (sulfide) groups is 1. The Labute approximate surface area is 55.4 Å². The molecule has 0 radical (unpaired) electrons. The minimum absolute atomic E-state index is 0.542. The fourth-order valence-electron chi connectivity index (χ4n) is 0.862. The molecule has 1 heterocycles. The van der Waals surface area contributed by atoms with Gasteiger partial charge in [0.1, 0.15) is 0 Å². The Kier molecular flexibility index (Phi) is 1.54. The summed E-state index contributed by atoms with van der Waals surface area (Å²) in [6.07, 6.45) is 1.28. The maximum Gasteiger partial charge on any atom is 0.0755 e. The second-order valence-corrected chi connectivity index (χ2v) is 3.82. The lowest BCUT2D eigenvalue weighted by molar-refractivity contribution is 0.306. The van der Waals surface area contributed by atoms with E-state index in [1.807, 2.05) is 11.8 Å². The average molecular weight is 131 g/mol. The summed E-state index contributed by atoms with van der Waals surface area (Å²) in [5, 5.41) is 0. The Morgan fingerprint density at radius 2 is 2.12 bits per heavy atom. The normalized spacial score (nSPS) is 36.0. The third-order valence-corrected chi connectivity index (χ3v) is 3.45. The Bertz CT molecular complexity index is 86.5. The van der Waals surface area contributed by atoms with E-state index in [2.05, 4.69) is 25.9 Å². The summed E-state index contributed by atoms with van der Waals surface area (Å²) in [5.41, 5.74) is 0. The molecule has 1 nitrogen and oxygen atoms in total. The molecule has 1 fully saturated rings. The second kappa shape index (κ2) is 1.92. The molecule has 0 saturated carbocycles. The average Bonchev–Trinajstić information content (AvgIpc) is 2.44. The molecule has 1 atom stereocenters. The smallest absolute Gasteiger partial charge is 0.0755 e. The first-order chi connectivity index (χ1) is 3.71. The zero-order valence-electron chi connectivity index (χ0n) is 5.77. The molecule has 1 aliphatic rings. The largest absolute Gasteiger partial charge is 0.294 e. The van der Waals surface area contributed by atoms with Gasteiger partial charge in [0.25, 0.3) is 0 Å². The van der Waals surface area contributed by atoms with Crippen molar-refractivity contribution >= 4 is 11.8 Å². The lowest BCUT2D eigenvalue weighted by Gasteiger charge is -2.19. The third-order valence-electron chi connectivity index (χ3n) is 1.85. The van der Waals surface area contributed by atoms with Crippen LogP contribution in [-0.4, -0.2) is 29.6 Å². The minimum Gasteiger partial charge on any atom is -0.294 e. The number of nitrogens with zero attached hydrogens (tertiary/aromatic N) is 1. The summed E-state index contributed by atoms with van der Waals surface area (Å²) < 4.78 is 0. The molecule has 0 aliphatic carbocycles. The fourth-order valence-corrected chi connectivity index (χ4v) is 1.95. The molecule has 0 aromatic heterocycles. The number of hydrogen-bond acceptors (Lipinski definition) is 2. The first-order valence-electron chi connectivity index (χ1n) is 3.03. The lowest BCUT2D eigenvalue weighted by atomic mass is 10.2. The van der Waals surface area contributed by atoms with Crippen LogP contribution in [0.4, 0.5) is 0 Å². The molecule has 0 spiro atoms. The zero-order valence-corrected chi connectivity index (χ0v) is 6.59. The van der Waals surface area contributed by atoms with Crippen LogP contribution in [0.15, 0.2) is 0 Å². The monoisotopic (exact) mass is 131 g/mol. The molecule has 0 N–H and O–H groups in total. The molecular formula is C6H13NS. The first kappa shape index (κ1) is 6.43. The van der Waals surface area contributed by atoms with Crippen molar-refractivity contribution in [2.75, 3.05) is 19.8 Å². The number of rotatable bonds is 2. The minimum atomic E-state index is 0.542. The van der Waals surface area contributed by atoms with E-state index in [4.69, 9.17) is 0 Å². The van der Waals surface area contributed by atoms with Gasteiger partial charge in [-0.15, -0.1) is 11.8 Å². The third kappa shape index (κ3) is 0.869. The van der Waals surface area contributed by atoms with Gasteiger partial charge >= 0.3 is 0 Å². The van der Waals surface area contributed by atoms with Gasteiger partial charge in [-0.05, 0) is 20.5 Å². The van der Waals surface area contributed by atoms with Gasteiger partial charge in [0, 0.05) is 5.75 Å². The van der Waals surface area contributed by atoms with Gasteiger partial charge in [-0.3, -0.25) is 4.90 Å². The highest BCUT2D eigenvalue weighted by atomic mass is 32.2. The highest BCUT2D eigenvalue weighted by Crippen LogP contribution is 2.48. The van der Waals surface area contributed by atoms with Crippen molar-refractivity contribution in [3.8, 4) is 0 Å². The van der Waals surface area contributed by atoms with Crippen molar-refractivity contribution in [3.63, 3.8) is 0 Å². The van der Waals surface area contributed by atoms with Crippen molar-refractivity contribution < 1.29 is 0 Å². The van der Waals surface area contributed by atoms with Gasteiger partial charge in [-0.25, -0.2) is 0 Å². The van der Waals surface area contributed by atoms with Gasteiger partial charge < -0.3 is 0 Å². The summed E-state index contributed by atoms with van der Waals surface area (Å²) in [4.78, 5) is 2.86. The van der Waals surface area contributed by atoms with Crippen LogP contribution < -0.4 is 0 Å². The van der Waals surface area contributed by atoms with E-state index in [-0.39, 0.29) is 0 Å². The van der Waals surface area contributed by atoms with Crippen LogP contribution in [0.25, 0.3) is 0 Å². The van der Waals surface area contributed by atoms with E-state index in [9.17, 15) is 0 Å². The summed E-state index contributed by atoms with van der Waals surface area (Å²) in [6, 6.07) is 0. The van der Waals surface area contributed by atoms with Gasteiger partial charge in [-0.1, -0.05) is 6.92 Å². The maximum absolute atomic E-state index is 2.32. The molecule has 2 heteroatoms. The van der Waals surface area contributed by atoms with Crippen LogP contribution in [0.3, 0.4) is 0 Å². The van der Waals surface area contributed by atoms with Crippen LogP contribution in [0, 0.1) is 0 Å². The molecular weight excluding hydrogens is 118 g/mol. The van der Waals surface area contributed by atoms with Crippen molar-refractivity contribution in [3.05, 3.63) is 0 Å². The highest BCUT2D eigenvalue weighted by molar-refractivity contribution is 8.07. The summed E-state index contributed by atoms with van der Waals surface area (Å²) in [6.45, 7) is 2.25. The van der Waals surface area contributed by atoms with Gasteiger partial charge in [0.05, 0.1) is 4.87 Å². The van der Waals surface area contributed by atoms with Crippen LogP contribution >= 0.6 is 11.8 Å². The molecule has 0 aromatic carbocycles. The quantitative estimate of drug-likeness (QED) is 0.521. The van der Waals surface area contributed by atoms with Crippen molar-refractivity contribution in [2.24, 2.45) is 0 Å². The predicted octanol–water partition coefficient (Wildman–Crippen LogP) is 1.40. The molecule has 0 aromatic rings. The number of hydrogen-bond donors (Lipinski definition) is 0. The molecule has 48 valence electrons. The SMILES string of the molecule is CCC1(N(C)C)CS1. The molecule has 1 saturated heterocycles. The van der Waals surface area contributed by atoms with Gasteiger partial charge in [0.2, 0.25) is 0 Å². The van der Waals surface area contributed by atoms with E-state index in [0.29, 0.717) is 4.87 Å². The molecule has 1 unspecified atom stereocenters. The van der Waals surface area contributed by atoms with Crippen LogP contribution in [-0.2, 0) is 0 Å². The van der Waals surface area contributed by atoms with Crippen LogP contribution in [0.2, 0.25) is 0 Å². The molecule has 1 aliphatic heterocycles. The van der Waals surface area contributed by atoms with Gasteiger partial charge in [-0.2, -0.15) is 0 Å². The lowest BCUT2D eigenvalue weighted by Crippen LogP contribution is -2.28. The van der Waals surface area contributed by atoms with E-state index in [1.54, 1.807) is 0 Å². The van der Waals surface area contributed by atoms with Gasteiger partial charge in [0.15, 0.2) is 0 Å². The molecule has 0 amide bonds. The summed E-state index contributed by atoms with van der Waals surface area (Å²) in [5.74, 6) is 1.33. The topological polar surface area (TPSA) is 3.24 Å². The van der Waals surface area contributed by atoms with Crippen molar-refractivity contribution in [1.29, 1.82) is 0 Å². The van der Waals surface area contributed by atoms with E-state index in [0.717, 1.165) is 0 Å². The van der Waals surface area contributed by atoms with E-state index in [1.165, 1.54) is 12.2 Å². The predicted molar refractivity (Wildman–Crippen MR) is 39.2 cm³/mol. The molecule has 1 rings (SSSR count). The Morgan fingerprint density at radius 3 is 2.12 bits per heavy atom.